The molecule has 1 amide bonds. The van der Waals surface area contributed by atoms with Crippen LogP contribution in [0.3, 0.4) is 0 Å². The summed E-state index contributed by atoms with van der Waals surface area (Å²) in [4.78, 5) is 14.5. The number of ether oxygens (including phenoxy) is 1. The molecular weight excluding hydrogens is 459 g/mol. The fourth-order valence-corrected chi connectivity index (χ4v) is 6.16. The van der Waals surface area contributed by atoms with Crippen molar-refractivity contribution >= 4 is 39.1 Å². The first kappa shape index (κ1) is 23.9. The van der Waals surface area contributed by atoms with Crippen LogP contribution in [-0.4, -0.2) is 56.3 Å². The number of nitrogens with zero attached hydrogens (tertiary/aromatic N) is 2. The maximum Gasteiger partial charge on any atom is 0.260 e. The fraction of sp³-hybridized carbons (Fsp3) is 0.409. The molecule has 2 aromatic rings. The summed E-state index contributed by atoms with van der Waals surface area (Å²) in [6, 6.07) is 6.79. The Bertz CT molecular complexity index is 1080. The molecule has 1 aliphatic rings. The monoisotopic (exact) mass is 484 g/mol. The average molecular weight is 485 g/mol. The summed E-state index contributed by atoms with van der Waals surface area (Å²) in [6.45, 7) is 8.43. The second-order valence-corrected chi connectivity index (χ2v) is 10.5. The van der Waals surface area contributed by atoms with Gasteiger partial charge in [-0.25, -0.2) is 8.42 Å². The molecule has 0 aromatic heterocycles. The summed E-state index contributed by atoms with van der Waals surface area (Å²) in [5, 5.41) is 0.811. The highest BCUT2D eigenvalue weighted by molar-refractivity contribution is 7.89. The van der Waals surface area contributed by atoms with Gasteiger partial charge >= 0.3 is 0 Å². The van der Waals surface area contributed by atoms with Crippen molar-refractivity contribution < 1.29 is 17.9 Å². The number of amides is 1. The number of carbonyl (C=O) groups excluding carboxylic acids is 1. The van der Waals surface area contributed by atoms with Gasteiger partial charge in [-0.15, -0.1) is 0 Å². The van der Waals surface area contributed by atoms with Crippen molar-refractivity contribution in [1.29, 1.82) is 0 Å². The average Bonchev–Trinajstić information content (AvgIpc) is 2.71. The zero-order chi connectivity index (χ0) is 22.9. The smallest absolute Gasteiger partial charge is 0.260 e. The van der Waals surface area contributed by atoms with E-state index in [9.17, 15) is 13.2 Å². The zero-order valence-electron chi connectivity index (χ0n) is 18.0. The van der Waals surface area contributed by atoms with Crippen LogP contribution in [0.25, 0.3) is 0 Å². The molecule has 1 saturated heterocycles. The van der Waals surface area contributed by atoms with Gasteiger partial charge in [0, 0.05) is 31.2 Å². The number of benzene rings is 2. The number of piperazine rings is 1. The van der Waals surface area contributed by atoms with Crippen LogP contribution in [0.2, 0.25) is 10.0 Å². The third-order valence-electron chi connectivity index (χ3n) is 5.73. The van der Waals surface area contributed by atoms with Gasteiger partial charge in [0.1, 0.15) is 5.75 Å². The van der Waals surface area contributed by atoms with Crippen molar-refractivity contribution in [3.8, 4) is 5.75 Å². The minimum atomic E-state index is -3.65. The molecule has 31 heavy (non-hydrogen) atoms. The predicted molar refractivity (Wildman–Crippen MR) is 123 cm³/mol. The first-order valence-electron chi connectivity index (χ1n) is 9.95. The number of sulfonamides is 1. The van der Waals surface area contributed by atoms with E-state index in [1.807, 2.05) is 33.8 Å². The molecule has 1 heterocycles. The summed E-state index contributed by atoms with van der Waals surface area (Å²) in [5.41, 5.74) is 3.45. The Hall–Kier alpha value is -1.80. The highest BCUT2D eigenvalue weighted by atomic mass is 35.5. The van der Waals surface area contributed by atoms with Crippen molar-refractivity contribution in [3.63, 3.8) is 0 Å². The third kappa shape index (κ3) is 5.00. The number of halogens is 2. The van der Waals surface area contributed by atoms with E-state index in [2.05, 4.69) is 0 Å². The molecule has 0 saturated carbocycles. The molecular formula is C22H26Cl2N2O4S. The van der Waals surface area contributed by atoms with E-state index in [1.165, 1.54) is 4.31 Å². The normalized spacial score (nSPS) is 15.2. The van der Waals surface area contributed by atoms with Crippen LogP contribution in [0.4, 0.5) is 0 Å². The van der Waals surface area contributed by atoms with Gasteiger partial charge in [0.05, 0.1) is 9.92 Å². The minimum Gasteiger partial charge on any atom is -0.482 e. The van der Waals surface area contributed by atoms with E-state index in [0.29, 0.717) is 33.8 Å². The van der Waals surface area contributed by atoms with E-state index in [-0.39, 0.29) is 25.6 Å². The van der Waals surface area contributed by atoms with Crippen LogP contribution < -0.4 is 4.74 Å². The molecule has 1 fully saturated rings. The number of carbonyl (C=O) groups is 1. The number of hydrogen-bond acceptors (Lipinski definition) is 4. The standard InChI is InChI=1S/C22H26Cl2N2O4S/c1-14-11-15(2)17(4)22(16(14)3)31(28,29)26-9-7-25(8-10-26)21(27)13-30-20-6-5-18(23)12-19(20)24/h5-6,11-12H,7-10,13H2,1-4H3. The molecule has 9 heteroatoms. The molecule has 168 valence electrons. The molecule has 0 radical (unpaired) electrons. The fourth-order valence-electron chi connectivity index (χ4n) is 3.70. The van der Waals surface area contributed by atoms with Crippen LogP contribution in [0.15, 0.2) is 29.2 Å². The topological polar surface area (TPSA) is 66.9 Å². The maximum absolute atomic E-state index is 13.4. The second-order valence-electron chi connectivity index (χ2n) is 7.74. The lowest BCUT2D eigenvalue weighted by Gasteiger charge is -2.34. The Morgan fingerprint density at radius 1 is 0.968 bits per heavy atom. The number of rotatable bonds is 5. The number of aryl methyl sites for hydroxylation is 2. The number of hydrogen-bond donors (Lipinski definition) is 0. The molecule has 0 spiro atoms. The van der Waals surface area contributed by atoms with E-state index >= 15 is 0 Å². The Balaban J connectivity index is 1.66. The van der Waals surface area contributed by atoms with Gasteiger partial charge in [-0.05, 0) is 68.1 Å². The van der Waals surface area contributed by atoms with Gasteiger partial charge in [0.25, 0.3) is 5.91 Å². The third-order valence-corrected chi connectivity index (χ3v) is 8.44. The zero-order valence-corrected chi connectivity index (χ0v) is 20.4. The summed E-state index contributed by atoms with van der Waals surface area (Å²) < 4.78 is 33.7. The van der Waals surface area contributed by atoms with Gasteiger partial charge in [-0.2, -0.15) is 4.31 Å². The highest BCUT2D eigenvalue weighted by Crippen LogP contribution is 2.30. The Labute approximate surface area is 193 Å². The lowest BCUT2D eigenvalue weighted by molar-refractivity contribution is -0.134. The van der Waals surface area contributed by atoms with Gasteiger partial charge < -0.3 is 9.64 Å². The lowest BCUT2D eigenvalue weighted by atomic mass is 10.0. The predicted octanol–water partition coefficient (Wildman–Crippen LogP) is 4.14. The summed E-state index contributed by atoms with van der Waals surface area (Å²) in [6.07, 6.45) is 0. The van der Waals surface area contributed by atoms with Crippen LogP contribution in [0.1, 0.15) is 22.3 Å². The minimum absolute atomic E-state index is 0.177. The van der Waals surface area contributed by atoms with Gasteiger partial charge in [0.15, 0.2) is 6.61 Å². The van der Waals surface area contributed by atoms with E-state index in [4.69, 9.17) is 27.9 Å². The van der Waals surface area contributed by atoms with Gasteiger partial charge in [-0.3, -0.25) is 4.79 Å². The molecule has 6 nitrogen and oxygen atoms in total. The first-order valence-corrected chi connectivity index (χ1v) is 12.1. The van der Waals surface area contributed by atoms with Crippen LogP contribution >= 0.6 is 23.2 Å². The van der Waals surface area contributed by atoms with Gasteiger partial charge in [0.2, 0.25) is 10.0 Å². The molecule has 3 rings (SSSR count). The molecule has 1 aliphatic heterocycles. The Kier molecular flexibility index (Phi) is 7.21. The molecule has 0 unspecified atom stereocenters. The second kappa shape index (κ2) is 9.36. The van der Waals surface area contributed by atoms with Crippen molar-refractivity contribution in [3.05, 3.63) is 56.6 Å². The SMILES string of the molecule is Cc1cc(C)c(C)c(S(=O)(=O)N2CCN(C(=O)COc3ccc(Cl)cc3Cl)CC2)c1C. The molecule has 0 bridgehead atoms. The maximum atomic E-state index is 13.4. The van der Waals surface area contributed by atoms with Crippen molar-refractivity contribution in [2.45, 2.75) is 32.6 Å². The summed E-state index contributed by atoms with van der Waals surface area (Å²) in [5.74, 6) is 0.156. The Morgan fingerprint density at radius 3 is 2.10 bits per heavy atom. The summed E-state index contributed by atoms with van der Waals surface area (Å²) in [7, 11) is -3.65. The van der Waals surface area contributed by atoms with Crippen molar-refractivity contribution in [2.24, 2.45) is 0 Å². The molecule has 0 atom stereocenters. The molecule has 2 aromatic carbocycles. The quantitative estimate of drug-likeness (QED) is 0.639. The van der Waals surface area contributed by atoms with E-state index in [0.717, 1.165) is 22.3 Å². The van der Waals surface area contributed by atoms with Gasteiger partial charge in [-0.1, -0.05) is 29.3 Å². The van der Waals surface area contributed by atoms with Crippen molar-refractivity contribution in [2.75, 3.05) is 32.8 Å². The van der Waals surface area contributed by atoms with Crippen LogP contribution in [-0.2, 0) is 14.8 Å². The molecule has 0 aliphatic carbocycles. The Morgan fingerprint density at radius 2 is 1.55 bits per heavy atom. The largest absolute Gasteiger partial charge is 0.482 e. The lowest BCUT2D eigenvalue weighted by Crippen LogP contribution is -2.51. The van der Waals surface area contributed by atoms with Crippen molar-refractivity contribution in [1.82, 2.24) is 9.21 Å². The van der Waals surface area contributed by atoms with E-state index in [1.54, 1.807) is 23.1 Å². The van der Waals surface area contributed by atoms with E-state index < -0.39 is 10.0 Å². The highest BCUT2D eigenvalue weighted by Gasteiger charge is 2.33. The molecule has 0 N–H and O–H groups in total. The van der Waals surface area contributed by atoms with Crippen LogP contribution in [0.5, 0.6) is 5.75 Å². The van der Waals surface area contributed by atoms with Crippen LogP contribution in [0, 0.1) is 27.7 Å². The summed E-state index contributed by atoms with van der Waals surface area (Å²) >= 11 is 11.9. The first-order chi connectivity index (χ1) is 14.5.